The smallest absolute Gasteiger partial charge is 0.255 e. The van der Waals surface area contributed by atoms with E-state index in [0.717, 1.165) is 10.5 Å². The molecule has 114 valence electrons. The predicted molar refractivity (Wildman–Crippen MR) is 89.1 cm³/mol. The van der Waals surface area contributed by atoms with Crippen LogP contribution in [0.4, 0.5) is 0 Å². The highest BCUT2D eigenvalue weighted by Gasteiger charge is 2.39. The molecule has 0 radical (unpaired) electrons. The van der Waals surface area contributed by atoms with Gasteiger partial charge in [0.2, 0.25) is 0 Å². The van der Waals surface area contributed by atoms with Crippen molar-refractivity contribution >= 4 is 17.7 Å². The summed E-state index contributed by atoms with van der Waals surface area (Å²) in [5.41, 5.74) is 0.654. The van der Waals surface area contributed by atoms with Gasteiger partial charge in [-0.3, -0.25) is 4.79 Å². The molecular formula is C18H19NO2S. The minimum Gasteiger partial charge on any atom is -0.383 e. The lowest BCUT2D eigenvalue weighted by Gasteiger charge is -2.24. The third-order valence-electron chi connectivity index (χ3n) is 4.18. The molecule has 2 aromatic rings. The molecule has 1 saturated heterocycles. The van der Waals surface area contributed by atoms with E-state index in [1.807, 2.05) is 60.9 Å². The summed E-state index contributed by atoms with van der Waals surface area (Å²) in [5.74, 6) is -0.00296. The van der Waals surface area contributed by atoms with E-state index in [1.165, 1.54) is 0 Å². The molecule has 3 rings (SSSR count). The minimum atomic E-state index is -0.939. The van der Waals surface area contributed by atoms with Gasteiger partial charge in [0.15, 0.2) is 0 Å². The van der Waals surface area contributed by atoms with Crippen LogP contribution in [0.1, 0.15) is 22.3 Å². The highest BCUT2D eigenvalue weighted by Crippen LogP contribution is 2.33. The SMILES string of the molecule is CSc1ccccc1C(=O)N1CC[C@](O)(c2ccccc2)C1. The van der Waals surface area contributed by atoms with Gasteiger partial charge in [-0.25, -0.2) is 0 Å². The third-order valence-corrected chi connectivity index (χ3v) is 4.98. The molecule has 0 spiro atoms. The first-order valence-corrected chi connectivity index (χ1v) is 8.57. The Hall–Kier alpha value is -1.78. The summed E-state index contributed by atoms with van der Waals surface area (Å²) in [6.07, 6.45) is 2.54. The largest absolute Gasteiger partial charge is 0.383 e. The maximum Gasteiger partial charge on any atom is 0.255 e. The van der Waals surface area contributed by atoms with Gasteiger partial charge in [-0.15, -0.1) is 11.8 Å². The second kappa shape index (κ2) is 6.15. The average Bonchev–Trinajstić information content (AvgIpc) is 2.98. The van der Waals surface area contributed by atoms with Gasteiger partial charge in [-0.1, -0.05) is 42.5 Å². The fourth-order valence-corrected chi connectivity index (χ4v) is 3.53. The Labute approximate surface area is 135 Å². The van der Waals surface area contributed by atoms with E-state index < -0.39 is 5.60 Å². The van der Waals surface area contributed by atoms with E-state index in [-0.39, 0.29) is 5.91 Å². The van der Waals surface area contributed by atoms with Crippen LogP contribution in [-0.2, 0) is 5.60 Å². The van der Waals surface area contributed by atoms with Crippen molar-refractivity contribution in [3.8, 4) is 0 Å². The van der Waals surface area contributed by atoms with E-state index in [4.69, 9.17) is 0 Å². The Morgan fingerprint density at radius 2 is 1.82 bits per heavy atom. The number of carbonyl (C=O) groups excluding carboxylic acids is 1. The van der Waals surface area contributed by atoms with Crippen LogP contribution in [0.5, 0.6) is 0 Å². The number of hydrogen-bond donors (Lipinski definition) is 1. The Balaban J connectivity index is 1.82. The van der Waals surface area contributed by atoms with Gasteiger partial charge < -0.3 is 10.0 Å². The van der Waals surface area contributed by atoms with Crippen molar-refractivity contribution in [2.75, 3.05) is 19.3 Å². The topological polar surface area (TPSA) is 40.5 Å². The lowest BCUT2D eigenvalue weighted by Crippen LogP contribution is -2.34. The Bertz CT molecular complexity index is 674. The first-order valence-electron chi connectivity index (χ1n) is 7.34. The van der Waals surface area contributed by atoms with Gasteiger partial charge in [-0.05, 0) is 30.4 Å². The molecule has 1 aliphatic heterocycles. The number of likely N-dealkylation sites (tertiary alicyclic amines) is 1. The van der Waals surface area contributed by atoms with E-state index in [9.17, 15) is 9.90 Å². The van der Waals surface area contributed by atoms with Crippen LogP contribution in [0.2, 0.25) is 0 Å². The van der Waals surface area contributed by atoms with Crippen molar-refractivity contribution in [2.45, 2.75) is 16.9 Å². The molecule has 1 aliphatic rings. The maximum absolute atomic E-state index is 12.7. The van der Waals surface area contributed by atoms with Crippen LogP contribution in [0, 0.1) is 0 Å². The van der Waals surface area contributed by atoms with Gasteiger partial charge in [0.1, 0.15) is 5.60 Å². The van der Waals surface area contributed by atoms with Crippen LogP contribution >= 0.6 is 11.8 Å². The molecule has 2 aromatic carbocycles. The Morgan fingerprint density at radius 3 is 2.55 bits per heavy atom. The number of carbonyl (C=O) groups is 1. The molecule has 0 aromatic heterocycles. The lowest BCUT2D eigenvalue weighted by molar-refractivity contribution is 0.0416. The highest BCUT2D eigenvalue weighted by molar-refractivity contribution is 7.98. The second-order valence-electron chi connectivity index (χ2n) is 5.57. The summed E-state index contributed by atoms with van der Waals surface area (Å²) in [4.78, 5) is 15.5. The summed E-state index contributed by atoms with van der Waals surface area (Å²) in [6, 6.07) is 17.2. The first kappa shape index (κ1) is 15.1. The normalized spacial score (nSPS) is 21.1. The van der Waals surface area contributed by atoms with Crippen molar-refractivity contribution in [1.29, 1.82) is 0 Å². The molecule has 0 aliphatic carbocycles. The standard InChI is InChI=1S/C18H19NO2S/c1-22-16-10-6-5-9-15(16)17(20)19-12-11-18(21,13-19)14-7-3-2-4-8-14/h2-10,21H,11-13H2,1H3/t18-/m1/s1. The minimum absolute atomic E-state index is 0.00296. The quantitative estimate of drug-likeness (QED) is 0.885. The third kappa shape index (κ3) is 2.76. The van der Waals surface area contributed by atoms with Gasteiger partial charge in [0, 0.05) is 11.4 Å². The zero-order valence-electron chi connectivity index (χ0n) is 12.5. The zero-order valence-corrected chi connectivity index (χ0v) is 13.3. The van der Waals surface area contributed by atoms with Crippen molar-refractivity contribution in [3.05, 3.63) is 65.7 Å². The summed E-state index contributed by atoms with van der Waals surface area (Å²) in [5, 5.41) is 10.9. The van der Waals surface area contributed by atoms with Gasteiger partial charge >= 0.3 is 0 Å². The maximum atomic E-state index is 12.7. The second-order valence-corrected chi connectivity index (χ2v) is 6.42. The van der Waals surface area contributed by atoms with Crippen molar-refractivity contribution < 1.29 is 9.90 Å². The summed E-state index contributed by atoms with van der Waals surface area (Å²) < 4.78 is 0. The molecule has 1 fully saturated rings. The number of nitrogens with zero attached hydrogens (tertiary/aromatic N) is 1. The van der Waals surface area contributed by atoms with Crippen LogP contribution in [0.3, 0.4) is 0 Å². The number of rotatable bonds is 3. The van der Waals surface area contributed by atoms with Gasteiger partial charge in [0.05, 0.1) is 12.1 Å². The molecular weight excluding hydrogens is 294 g/mol. The molecule has 0 bridgehead atoms. The van der Waals surface area contributed by atoms with E-state index in [1.54, 1.807) is 16.7 Å². The molecule has 4 heteroatoms. The van der Waals surface area contributed by atoms with Crippen LogP contribution in [0.25, 0.3) is 0 Å². The Kier molecular flexibility index (Phi) is 4.23. The predicted octanol–water partition coefficient (Wildman–Crippen LogP) is 3.14. The lowest BCUT2D eigenvalue weighted by atomic mass is 9.93. The monoisotopic (exact) mass is 313 g/mol. The summed E-state index contributed by atoms with van der Waals surface area (Å²) in [7, 11) is 0. The number of hydrogen-bond acceptors (Lipinski definition) is 3. The molecule has 1 N–H and O–H groups in total. The number of amides is 1. The zero-order chi connectivity index (χ0) is 15.6. The molecule has 3 nitrogen and oxygen atoms in total. The molecule has 1 heterocycles. The van der Waals surface area contributed by atoms with Gasteiger partial charge in [0.25, 0.3) is 5.91 Å². The van der Waals surface area contributed by atoms with Crippen LogP contribution in [0.15, 0.2) is 59.5 Å². The van der Waals surface area contributed by atoms with Gasteiger partial charge in [-0.2, -0.15) is 0 Å². The fourth-order valence-electron chi connectivity index (χ4n) is 2.94. The van der Waals surface area contributed by atoms with Crippen molar-refractivity contribution in [3.63, 3.8) is 0 Å². The highest BCUT2D eigenvalue weighted by atomic mass is 32.2. The molecule has 0 saturated carbocycles. The van der Waals surface area contributed by atoms with E-state index in [0.29, 0.717) is 25.1 Å². The van der Waals surface area contributed by atoms with E-state index >= 15 is 0 Å². The molecule has 0 unspecified atom stereocenters. The molecule has 22 heavy (non-hydrogen) atoms. The Morgan fingerprint density at radius 1 is 1.14 bits per heavy atom. The molecule has 1 amide bonds. The fraction of sp³-hybridized carbons (Fsp3) is 0.278. The number of thioether (sulfide) groups is 1. The summed E-state index contributed by atoms with van der Waals surface area (Å²) in [6.45, 7) is 0.922. The molecule has 1 atom stereocenters. The van der Waals surface area contributed by atoms with Crippen molar-refractivity contribution in [1.82, 2.24) is 4.90 Å². The number of benzene rings is 2. The van der Waals surface area contributed by atoms with Crippen LogP contribution < -0.4 is 0 Å². The number of aliphatic hydroxyl groups is 1. The summed E-state index contributed by atoms with van der Waals surface area (Å²) >= 11 is 1.57. The number of β-amino-alcohol motifs (C(OH)–C–C–N with tert-alkyl or cyclic N) is 1. The van der Waals surface area contributed by atoms with Crippen molar-refractivity contribution in [2.24, 2.45) is 0 Å². The van der Waals surface area contributed by atoms with Crippen LogP contribution in [-0.4, -0.2) is 35.3 Å². The van der Waals surface area contributed by atoms with E-state index in [2.05, 4.69) is 0 Å². The average molecular weight is 313 g/mol. The first-order chi connectivity index (χ1) is 10.6.